The summed E-state index contributed by atoms with van der Waals surface area (Å²) in [5.74, 6) is -0.214. The van der Waals surface area contributed by atoms with Crippen LogP contribution in [-0.4, -0.2) is 47.4 Å². The Morgan fingerprint density at radius 3 is 2.81 bits per heavy atom. The zero-order valence-corrected chi connectivity index (χ0v) is 17.6. The maximum absolute atomic E-state index is 13.7. The lowest BCUT2D eigenvalue weighted by atomic mass is 9.76. The molecule has 2 aromatic rings. The molecule has 2 saturated heterocycles. The third-order valence-electron chi connectivity index (χ3n) is 7.10. The molecule has 0 aromatic heterocycles. The Balaban J connectivity index is 1.31. The highest BCUT2D eigenvalue weighted by molar-refractivity contribution is 5.83. The lowest BCUT2D eigenvalue weighted by Gasteiger charge is -2.51. The third-order valence-corrected chi connectivity index (χ3v) is 7.10. The number of nitrogens with one attached hydrogen (secondary N) is 1. The van der Waals surface area contributed by atoms with Crippen molar-refractivity contribution in [3.05, 3.63) is 71.0 Å². The first-order valence-electron chi connectivity index (χ1n) is 11.3. The van der Waals surface area contributed by atoms with Crippen LogP contribution in [0.15, 0.2) is 48.5 Å². The van der Waals surface area contributed by atoms with Crippen LogP contribution >= 0.6 is 0 Å². The topological polar surface area (TPSA) is 52.7 Å². The number of hydrogen-bond acceptors (Lipinski definition) is 2. The molecule has 0 spiro atoms. The van der Waals surface area contributed by atoms with Crippen LogP contribution in [0.2, 0.25) is 0 Å². The van der Waals surface area contributed by atoms with Crippen LogP contribution in [0.3, 0.4) is 0 Å². The quantitative estimate of drug-likeness (QED) is 0.822. The van der Waals surface area contributed by atoms with E-state index in [1.807, 2.05) is 34.1 Å². The van der Waals surface area contributed by atoms with Gasteiger partial charge in [-0.1, -0.05) is 36.4 Å². The Labute approximate surface area is 182 Å². The van der Waals surface area contributed by atoms with Crippen LogP contribution in [0.5, 0.6) is 0 Å². The van der Waals surface area contributed by atoms with Gasteiger partial charge in [0.2, 0.25) is 5.91 Å². The maximum atomic E-state index is 13.7. The second-order valence-corrected chi connectivity index (χ2v) is 8.85. The molecule has 0 aliphatic carbocycles. The summed E-state index contributed by atoms with van der Waals surface area (Å²) in [5, 5.41) is 3.06. The molecule has 3 aliphatic rings. The normalized spacial score (nSPS) is 24.8. The van der Waals surface area contributed by atoms with Crippen molar-refractivity contribution in [2.75, 3.05) is 19.6 Å². The molecule has 0 radical (unpaired) electrons. The van der Waals surface area contributed by atoms with Gasteiger partial charge in [0, 0.05) is 25.7 Å². The summed E-state index contributed by atoms with van der Waals surface area (Å²) in [6.45, 7) is 1.88. The number of fused-ring (bicyclic) bond motifs is 4. The molecule has 0 saturated carbocycles. The van der Waals surface area contributed by atoms with Gasteiger partial charge in [0.25, 0.3) is 0 Å². The summed E-state index contributed by atoms with van der Waals surface area (Å²) >= 11 is 0. The summed E-state index contributed by atoms with van der Waals surface area (Å²) in [7, 11) is 0. The zero-order valence-electron chi connectivity index (χ0n) is 17.6. The molecule has 2 aromatic carbocycles. The van der Waals surface area contributed by atoms with Crippen molar-refractivity contribution in [1.82, 2.24) is 15.1 Å². The molecule has 0 unspecified atom stereocenters. The van der Waals surface area contributed by atoms with Crippen LogP contribution in [0.1, 0.15) is 42.0 Å². The number of hydrogen-bond donors (Lipinski definition) is 1. The van der Waals surface area contributed by atoms with E-state index >= 15 is 0 Å². The monoisotopic (exact) mass is 421 g/mol. The predicted octanol–water partition coefficient (Wildman–Crippen LogP) is 3.69. The van der Waals surface area contributed by atoms with Crippen LogP contribution in [0, 0.1) is 11.7 Å². The van der Waals surface area contributed by atoms with E-state index in [1.165, 1.54) is 11.6 Å². The van der Waals surface area contributed by atoms with Crippen LogP contribution in [-0.2, 0) is 17.6 Å². The molecule has 3 amide bonds. The van der Waals surface area contributed by atoms with Gasteiger partial charge in [0.05, 0.1) is 12.0 Å². The van der Waals surface area contributed by atoms with E-state index in [2.05, 4.69) is 17.4 Å². The van der Waals surface area contributed by atoms with Gasteiger partial charge in [0.1, 0.15) is 5.82 Å². The number of nitrogens with zero attached hydrogens (tertiary/aromatic N) is 2. The molecule has 31 heavy (non-hydrogen) atoms. The standard InChI is InChI=1S/C25H28FN3O2/c26-19-8-9-20-18(15-19)11-14-28-22(20)16-23-21(24(28)30)7-4-13-29(23)25(31)27-12-10-17-5-2-1-3-6-17/h1-3,5-6,8-9,15,21-23H,4,7,10-14,16H2,(H,27,31)/t21-,22+,23-/m0/s1. The van der Waals surface area contributed by atoms with E-state index < -0.39 is 0 Å². The van der Waals surface area contributed by atoms with E-state index in [-0.39, 0.29) is 35.8 Å². The molecular formula is C25H28FN3O2. The average Bonchev–Trinajstić information content (AvgIpc) is 2.79. The summed E-state index contributed by atoms with van der Waals surface area (Å²) in [5.41, 5.74) is 3.21. The maximum Gasteiger partial charge on any atom is 0.317 e. The number of carbonyl (C=O) groups is 2. The molecule has 6 heteroatoms. The van der Waals surface area contributed by atoms with Gasteiger partial charge in [-0.05, 0) is 60.9 Å². The Morgan fingerprint density at radius 1 is 1.13 bits per heavy atom. The van der Waals surface area contributed by atoms with Gasteiger partial charge in [-0.2, -0.15) is 0 Å². The van der Waals surface area contributed by atoms with E-state index in [4.69, 9.17) is 0 Å². The summed E-state index contributed by atoms with van der Waals surface area (Å²) < 4.78 is 13.7. The molecule has 162 valence electrons. The first-order valence-corrected chi connectivity index (χ1v) is 11.3. The molecule has 1 N–H and O–H groups in total. The first kappa shape index (κ1) is 20.0. The number of piperidine rings is 2. The average molecular weight is 422 g/mol. The number of halogens is 1. The van der Waals surface area contributed by atoms with Crippen LogP contribution in [0.25, 0.3) is 0 Å². The molecule has 5 nitrogen and oxygen atoms in total. The zero-order chi connectivity index (χ0) is 21.4. The Morgan fingerprint density at radius 2 is 1.97 bits per heavy atom. The molecule has 2 fully saturated rings. The Kier molecular flexibility index (Phi) is 5.38. The third kappa shape index (κ3) is 3.80. The molecular weight excluding hydrogens is 393 g/mol. The fraction of sp³-hybridized carbons (Fsp3) is 0.440. The molecule has 0 bridgehead atoms. The van der Waals surface area contributed by atoms with Gasteiger partial charge >= 0.3 is 6.03 Å². The highest BCUT2D eigenvalue weighted by atomic mass is 19.1. The minimum Gasteiger partial charge on any atom is -0.338 e. The Hall–Kier alpha value is -2.89. The van der Waals surface area contributed by atoms with Crippen molar-refractivity contribution in [2.24, 2.45) is 5.92 Å². The predicted molar refractivity (Wildman–Crippen MR) is 116 cm³/mol. The fourth-order valence-corrected chi connectivity index (χ4v) is 5.59. The number of amides is 3. The highest BCUT2D eigenvalue weighted by Crippen LogP contribution is 2.43. The van der Waals surface area contributed by atoms with Crippen LogP contribution in [0.4, 0.5) is 9.18 Å². The van der Waals surface area contributed by atoms with Crippen LogP contribution < -0.4 is 5.32 Å². The number of carbonyl (C=O) groups excluding carboxylic acids is 2. The number of rotatable bonds is 3. The van der Waals surface area contributed by atoms with Gasteiger partial charge in [-0.25, -0.2) is 9.18 Å². The second kappa shape index (κ2) is 8.33. The van der Waals surface area contributed by atoms with Crippen molar-refractivity contribution < 1.29 is 14.0 Å². The first-order chi connectivity index (χ1) is 15.1. The fourth-order valence-electron chi connectivity index (χ4n) is 5.59. The van der Waals surface area contributed by atoms with Crippen molar-refractivity contribution in [2.45, 2.75) is 44.2 Å². The van der Waals surface area contributed by atoms with E-state index in [1.54, 1.807) is 6.07 Å². The summed E-state index contributed by atoms with van der Waals surface area (Å²) in [6.07, 6.45) is 3.87. The van der Waals surface area contributed by atoms with Crippen molar-refractivity contribution in [3.8, 4) is 0 Å². The highest BCUT2D eigenvalue weighted by Gasteiger charge is 2.48. The lowest BCUT2D eigenvalue weighted by molar-refractivity contribution is -0.148. The lowest BCUT2D eigenvalue weighted by Crippen LogP contribution is -2.61. The SMILES string of the molecule is O=C1[C@H]2CCCN(C(=O)NCCc3ccccc3)[C@H]2C[C@@H]2c3ccc(F)cc3CCN12. The molecule has 3 atom stereocenters. The van der Waals surface area contributed by atoms with Gasteiger partial charge in [-0.15, -0.1) is 0 Å². The van der Waals surface area contributed by atoms with Crippen molar-refractivity contribution in [3.63, 3.8) is 0 Å². The van der Waals surface area contributed by atoms with Gasteiger partial charge < -0.3 is 15.1 Å². The molecule has 5 rings (SSSR count). The van der Waals surface area contributed by atoms with Crippen molar-refractivity contribution in [1.29, 1.82) is 0 Å². The van der Waals surface area contributed by atoms with E-state index in [9.17, 15) is 14.0 Å². The van der Waals surface area contributed by atoms with E-state index in [0.717, 1.165) is 36.8 Å². The van der Waals surface area contributed by atoms with Crippen molar-refractivity contribution >= 4 is 11.9 Å². The minimum atomic E-state index is -0.232. The molecule has 3 aliphatic heterocycles. The summed E-state index contributed by atoms with van der Waals surface area (Å²) in [6, 6.07) is 14.7. The minimum absolute atomic E-state index is 0.0733. The molecule has 3 heterocycles. The smallest absolute Gasteiger partial charge is 0.317 e. The largest absolute Gasteiger partial charge is 0.338 e. The van der Waals surface area contributed by atoms with Gasteiger partial charge in [0.15, 0.2) is 0 Å². The number of urea groups is 1. The number of benzene rings is 2. The van der Waals surface area contributed by atoms with E-state index in [0.29, 0.717) is 26.1 Å². The van der Waals surface area contributed by atoms with Gasteiger partial charge in [-0.3, -0.25) is 4.79 Å². The second-order valence-electron chi connectivity index (χ2n) is 8.85. The summed E-state index contributed by atoms with van der Waals surface area (Å²) in [4.78, 5) is 30.2. The Bertz CT molecular complexity index is 980. The number of likely N-dealkylation sites (tertiary alicyclic amines) is 1.